The molecule has 1 aromatic heterocycles. The Bertz CT molecular complexity index is 351. The second-order valence-electron chi connectivity index (χ2n) is 6.58. The highest BCUT2D eigenvalue weighted by Crippen LogP contribution is 2.26. The zero-order valence-electron chi connectivity index (χ0n) is 12.2. The summed E-state index contributed by atoms with van der Waals surface area (Å²) in [6.45, 7) is 13.8. The highest BCUT2D eigenvalue weighted by atomic mass is 15.0. The van der Waals surface area contributed by atoms with Crippen LogP contribution in [0, 0.1) is 0 Å². The molecule has 0 aliphatic carbocycles. The van der Waals surface area contributed by atoms with Crippen LogP contribution in [-0.2, 0) is 17.4 Å². The number of aromatic nitrogens is 2. The largest absolute Gasteiger partial charge is 0.313 e. The minimum Gasteiger partial charge on any atom is -0.313 e. The fraction of sp³-hybridized carbons (Fsp3) is 0.714. The second-order valence-corrected chi connectivity index (χ2v) is 6.58. The standard InChI is InChI=1S/C14H25N3/c1-13(2,3)10-8-11(14(4,5)6)17-12(16-10)9-15-7/h8,15H,9H2,1-7H3. The Morgan fingerprint density at radius 1 is 0.941 bits per heavy atom. The van der Waals surface area contributed by atoms with Crippen molar-refractivity contribution in [3.05, 3.63) is 23.3 Å². The number of hydrogen-bond acceptors (Lipinski definition) is 3. The van der Waals surface area contributed by atoms with Crippen molar-refractivity contribution in [2.45, 2.75) is 58.9 Å². The highest BCUT2D eigenvalue weighted by molar-refractivity contribution is 5.22. The van der Waals surface area contributed by atoms with Gasteiger partial charge in [-0.05, 0) is 13.1 Å². The van der Waals surface area contributed by atoms with E-state index in [-0.39, 0.29) is 10.8 Å². The van der Waals surface area contributed by atoms with Crippen LogP contribution in [0.4, 0.5) is 0 Å². The van der Waals surface area contributed by atoms with Gasteiger partial charge in [-0.25, -0.2) is 9.97 Å². The quantitative estimate of drug-likeness (QED) is 0.856. The molecule has 1 rings (SSSR count). The smallest absolute Gasteiger partial charge is 0.142 e. The Hall–Kier alpha value is -0.960. The van der Waals surface area contributed by atoms with E-state index in [0.29, 0.717) is 6.54 Å². The molecular formula is C14H25N3. The average molecular weight is 235 g/mol. The third kappa shape index (κ3) is 3.77. The van der Waals surface area contributed by atoms with E-state index in [1.807, 2.05) is 7.05 Å². The summed E-state index contributed by atoms with van der Waals surface area (Å²) in [6.07, 6.45) is 0. The Morgan fingerprint density at radius 3 is 1.65 bits per heavy atom. The fourth-order valence-corrected chi connectivity index (χ4v) is 1.50. The Kier molecular flexibility index (Phi) is 3.92. The third-order valence-corrected chi connectivity index (χ3v) is 2.64. The summed E-state index contributed by atoms with van der Waals surface area (Å²) in [6, 6.07) is 2.14. The minimum absolute atomic E-state index is 0.0609. The average Bonchev–Trinajstić information content (AvgIpc) is 2.15. The molecule has 1 heterocycles. The topological polar surface area (TPSA) is 37.8 Å². The number of nitrogens with zero attached hydrogens (tertiary/aromatic N) is 2. The maximum Gasteiger partial charge on any atom is 0.142 e. The van der Waals surface area contributed by atoms with Crippen LogP contribution in [0.5, 0.6) is 0 Å². The van der Waals surface area contributed by atoms with E-state index in [2.05, 4.69) is 62.9 Å². The first-order chi connectivity index (χ1) is 7.64. The van der Waals surface area contributed by atoms with E-state index in [9.17, 15) is 0 Å². The number of rotatable bonds is 2. The van der Waals surface area contributed by atoms with Crippen LogP contribution < -0.4 is 5.32 Å². The number of nitrogens with one attached hydrogen (secondary N) is 1. The van der Waals surface area contributed by atoms with Crippen molar-refractivity contribution in [2.75, 3.05) is 7.05 Å². The van der Waals surface area contributed by atoms with Gasteiger partial charge in [-0.3, -0.25) is 0 Å². The van der Waals surface area contributed by atoms with Gasteiger partial charge < -0.3 is 5.32 Å². The lowest BCUT2D eigenvalue weighted by Crippen LogP contribution is -2.23. The summed E-state index contributed by atoms with van der Waals surface area (Å²) in [7, 11) is 1.92. The van der Waals surface area contributed by atoms with Crippen molar-refractivity contribution >= 4 is 0 Å². The van der Waals surface area contributed by atoms with Crippen molar-refractivity contribution in [3.63, 3.8) is 0 Å². The van der Waals surface area contributed by atoms with Crippen molar-refractivity contribution < 1.29 is 0 Å². The van der Waals surface area contributed by atoms with Gasteiger partial charge in [0.1, 0.15) is 5.82 Å². The van der Waals surface area contributed by atoms with Gasteiger partial charge in [0, 0.05) is 22.2 Å². The van der Waals surface area contributed by atoms with Gasteiger partial charge in [-0.15, -0.1) is 0 Å². The van der Waals surface area contributed by atoms with Crippen molar-refractivity contribution in [3.8, 4) is 0 Å². The van der Waals surface area contributed by atoms with Crippen LogP contribution in [0.3, 0.4) is 0 Å². The lowest BCUT2D eigenvalue weighted by atomic mass is 9.86. The van der Waals surface area contributed by atoms with Crippen molar-refractivity contribution in [1.82, 2.24) is 15.3 Å². The SMILES string of the molecule is CNCc1nc(C(C)(C)C)cc(C(C)(C)C)n1. The van der Waals surface area contributed by atoms with Gasteiger partial charge in [0.15, 0.2) is 0 Å². The maximum absolute atomic E-state index is 4.63. The van der Waals surface area contributed by atoms with Gasteiger partial charge in [0.05, 0.1) is 6.54 Å². The first-order valence-electron chi connectivity index (χ1n) is 6.18. The van der Waals surface area contributed by atoms with E-state index >= 15 is 0 Å². The van der Waals surface area contributed by atoms with Crippen LogP contribution in [-0.4, -0.2) is 17.0 Å². The molecule has 1 aromatic rings. The minimum atomic E-state index is 0.0609. The Morgan fingerprint density at radius 2 is 1.35 bits per heavy atom. The molecule has 0 saturated heterocycles. The molecule has 17 heavy (non-hydrogen) atoms. The molecule has 0 fully saturated rings. The number of hydrogen-bond donors (Lipinski definition) is 1. The predicted molar refractivity (Wildman–Crippen MR) is 72.2 cm³/mol. The molecule has 96 valence electrons. The second kappa shape index (κ2) is 4.73. The lowest BCUT2D eigenvalue weighted by molar-refractivity contribution is 0.527. The van der Waals surface area contributed by atoms with Crippen LogP contribution in [0.15, 0.2) is 6.07 Å². The molecule has 0 unspecified atom stereocenters. The van der Waals surface area contributed by atoms with Gasteiger partial charge >= 0.3 is 0 Å². The van der Waals surface area contributed by atoms with E-state index < -0.39 is 0 Å². The zero-order chi connectivity index (χ0) is 13.3. The summed E-state index contributed by atoms with van der Waals surface area (Å²) >= 11 is 0. The summed E-state index contributed by atoms with van der Waals surface area (Å²) in [5.41, 5.74) is 2.35. The van der Waals surface area contributed by atoms with Crippen LogP contribution >= 0.6 is 0 Å². The third-order valence-electron chi connectivity index (χ3n) is 2.64. The van der Waals surface area contributed by atoms with E-state index in [1.54, 1.807) is 0 Å². The van der Waals surface area contributed by atoms with E-state index in [1.165, 1.54) is 0 Å². The predicted octanol–water partition coefficient (Wildman–Crippen LogP) is 2.79. The Balaban J connectivity index is 3.29. The first-order valence-corrected chi connectivity index (χ1v) is 6.18. The van der Waals surface area contributed by atoms with E-state index in [0.717, 1.165) is 17.2 Å². The molecule has 0 aliphatic heterocycles. The van der Waals surface area contributed by atoms with Crippen molar-refractivity contribution in [1.29, 1.82) is 0 Å². The molecule has 0 aliphatic rings. The van der Waals surface area contributed by atoms with Gasteiger partial charge in [-0.1, -0.05) is 41.5 Å². The molecular weight excluding hydrogens is 210 g/mol. The summed E-state index contributed by atoms with van der Waals surface area (Å²) in [4.78, 5) is 9.27. The molecule has 3 nitrogen and oxygen atoms in total. The molecule has 0 atom stereocenters. The van der Waals surface area contributed by atoms with Gasteiger partial charge in [0.2, 0.25) is 0 Å². The molecule has 0 amide bonds. The van der Waals surface area contributed by atoms with Crippen molar-refractivity contribution in [2.24, 2.45) is 0 Å². The summed E-state index contributed by atoms with van der Waals surface area (Å²) < 4.78 is 0. The van der Waals surface area contributed by atoms with Crippen LogP contribution in [0.2, 0.25) is 0 Å². The maximum atomic E-state index is 4.63. The van der Waals surface area contributed by atoms with Gasteiger partial charge in [0.25, 0.3) is 0 Å². The molecule has 1 N–H and O–H groups in total. The monoisotopic (exact) mass is 235 g/mol. The molecule has 0 bridgehead atoms. The van der Waals surface area contributed by atoms with Crippen LogP contribution in [0.25, 0.3) is 0 Å². The van der Waals surface area contributed by atoms with E-state index in [4.69, 9.17) is 0 Å². The zero-order valence-corrected chi connectivity index (χ0v) is 12.2. The molecule has 0 aromatic carbocycles. The first kappa shape index (κ1) is 14.1. The molecule has 3 heteroatoms. The summed E-state index contributed by atoms with van der Waals surface area (Å²) in [5, 5.41) is 3.12. The summed E-state index contributed by atoms with van der Waals surface area (Å²) in [5.74, 6) is 0.879. The molecule has 0 saturated carbocycles. The van der Waals surface area contributed by atoms with Gasteiger partial charge in [-0.2, -0.15) is 0 Å². The van der Waals surface area contributed by atoms with Crippen LogP contribution in [0.1, 0.15) is 58.8 Å². The molecule has 0 radical (unpaired) electrons. The normalized spacial score (nSPS) is 12.9. The molecule has 0 spiro atoms. The highest BCUT2D eigenvalue weighted by Gasteiger charge is 2.22. The lowest BCUT2D eigenvalue weighted by Gasteiger charge is -2.24. The Labute approximate surface area is 105 Å². The fourth-order valence-electron chi connectivity index (χ4n) is 1.50.